The van der Waals surface area contributed by atoms with E-state index in [9.17, 15) is 14.4 Å². The van der Waals surface area contributed by atoms with Crippen LogP contribution in [0.2, 0.25) is 0 Å². The Kier molecular flexibility index (Phi) is 6.75. The van der Waals surface area contributed by atoms with Gasteiger partial charge in [-0.25, -0.2) is 0 Å². The number of benzene rings is 1. The molecule has 4 aliphatic heterocycles. The summed E-state index contributed by atoms with van der Waals surface area (Å²) in [6.07, 6.45) is 9.50. The largest absolute Gasteiger partial charge is 0.465 e. The zero-order valence-corrected chi connectivity index (χ0v) is 19.8. The van der Waals surface area contributed by atoms with E-state index in [1.807, 2.05) is 54.6 Å². The Labute approximate surface area is 205 Å². The summed E-state index contributed by atoms with van der Waals surface area (Å²) in [7, 11) is 0. The maximum atomic E-state index is 14.1. The predicted octanol–water partition coefficient (Wildman–Crippen LogP) is 1.83. The van der Waals surface area contributed by atoms with E-state index in [2.05, 4.69) is 0 Å². The van der Waals surface area contributed by atoms with E-state index in [0.717, 1.165) is 12.0 Å². The number of carbonyl (C=O) groups excluding carboxylic acids is 3. The van der Waals surface area contributed by atoms with Gasteiger partial charge in [-0.1, -0.05) is 54.6 Å². The lowest BCUT2D eigenvalue weighted by Gasteiger charge is -2.35. The van der Waals surface area contributed by atoms with Crippen LogP contribution in [-0.2, 0) is 30.4 Å². The van der Waals surface area contributed by atoms with Crippen LogP contribution in [0.4, 0.5) is 0 Å². The van der Waals surface area contributed by atoms with Crippen LogP contribution in [0.1, 0.15) is 31.2 Å². The Bertz CT molecular complexity index is 1020. The molecular weight excluding hydrogens is 448 g/mol. The second-order valence-electron chi connectivity index (χ2n) is 9.65. The molecule has 2 saturated heterocycles. The number of ether oxygens (including phenoxy) is 2. The summed E-state index contributed by atoms with van der Waals surface area (Å²) in [6.45, 7) is 1.53. The Morgan fingerprint density at radius 3 is 2.66 bits per heavy atom. The molecule has 2 fully saturated rings. The molecule has 0 saturated carbocycles. The fourth-order valence-corrected chi connectivity index (χ4v) is 5.91. The highest BCUT2D eigenvalue weighted by Gasteiger charge is 2.71. The molecule has 5 rings (SSSR count). The van der Waals surface area contributed by atoms with Gasteiger partial charge in [-0.15, -0.1) is 0 Å². The van der Waals surface area contributed by atoms with Gasteiger partial charge in [-0.2, -0.15) is 0 Å². The Morgan fingerprint density at radius 1 is 1.03 bits per heavy atom. The normalized spacial score (nSPS) is 32.0. The lowest BCUT2D eigenvalue weighted by atomic mass is 9.77. The SMILES string of the molecule is O=C1OCCC=C[C@@H]2O[C@]34C=CCN(Cc5ccccc5)C(=O)C3N(CCCCCO)C(=O)[C@@H]4[C@H]12. The van der Waals surface area contributed by atoms with Crippen molar-refractivity contribution in [2.45, 2.75) is 50.0 Å². The lowest BCUT2D eigenvalue weighted by Crippen LogP contribution is -2.55. The molecule has 1 aromatic carbocycles. The van der Waals surface area contributed by atoms with E-state index in [1.54, 1.807) is 9.80 Å². The molecule has 0 aromatic heterocycles. The van der Waals surface area contributed by atoms with Crippen molar-refractivity contribution in [2.75, 3.05) is 26.3 Å². The van der Waals surface area contributed by atoms with E-state index in [-0.39, 0.29) is 25.0 Å². The molecule has 1 aromatic rings. The molecule has 4 heterocycles. The summed E-state index contributed by atoms with van der Waals surface area (Å²) < 4.78 is 12.0. The number of fused-ring (bicyclic) bond motifs is 2. The molecule has 4 aliphatic rings. The zero-order chi connectivity index (χ0) is 24.4. The van der Waals surface area contributed by atoms with Crippen molar-refractivity contribution >= 4 is 17.8 Å². The van der Waals surface area contributed by atoms with Crippen molar-refractivity contribution in [3.63, 3.8) is 0 Å². The minimum absolute atomic E-state index is 0.0848. The molecule has 8 heteroatoms. The van der Waals surface area contributed by atoms with Crippen LogP contribution in [0.25, 0.3) is 0 Å². The van der Waals surface area contributed by atoms with E-state index >= 15 is 0 Å². The van der Waals surface area contributed by atoms with Crippen molar-refractivity contribution < 1.29 is 29.0 Å². The average Bonchev–Trinajstić information content (AvgIpc) is 3.23. The topological polar surface area (TPSA) is 96.4 Å². The quantitative estimate of drug-likeness (QED) is 0.363. The first-order chi connectivity index (χ1) is 17.1. The molecule has 35 heavy (non-hydrogen) atoms. The van der Waals surface area contributed by atoms with Gasteiger partial charge in [0.1, 0.15) is 17.6 Å². The third-order valence-electron chi connectivity index (χ3n) is 7.48. The first kappa shape index (κ1) is 23.8. The van der Waals surface area contributed by atoms with Gasteiger partial charge in [-0.3, -0.25) is 14.4 Å². The summed E-state index contributed by atoms with van der Waals surface area (Å²) in [4.78, 5) is 44.4. The summed E-state index contributed by atoms with van der Waals surface area (Å²) in [5, 5.41) is 9.16. The van der Waals surface area contributed by atoms with Crippen LogP contribution in [0.3, 0.4) is 0 Å². The van der Waals surface area contributed by atoms with E-state index in [0.29, 0.717) is 38.9 Å². The first-order valence-corrected chi connectivity index (χ1v) is 12.5. The van der Waals surface area contributed by atoms with Crippen molar-refractivity contribution in [1.29, 1.82) is 0 Å². The number of likely N-dealkylation sites (tertiary alicyclic amines) is 1. The highest BCUT2D eigenvalue weighted by Crippen LogP contribution is 2.53. The van der Waals surface area contributed by atoms with Crippen LogP contribution in [-0.4, -0.2) is 76.7 Å². The summed E-state index contributed by atoms with van der Waals surface area (Å²) in [6, 6.07) is 8.90. The van der Waals surface area contributed by atoms with E-state index in [1.165, 1.54) is 0 Å². The number of hydrogen-bond acceptors (Lipinski definition) is 6. The number of hydrogen-bond donors (Lipinski definition) is 1. The average molecular weight is 481 g/mol. The van der Waals surface area contributed by atoms with Crippen LogP contribution >= 0.6 is 0 Å². The molecule has 5 atom stereocenters. The van der Waals surface area contributed by atoms with E-state index < -0.39 is 35.6 Å². The minimum atomic E-state index is -1.22. The molecule has 2 amide bonds. The third-order valence-corrected chi connectivity index (χ3v) is 7.48. The molecule has 1 N–H and O–H groups in total. The number of carbonyl (C=O) groups is 3. The monoisotopic (exact) mass is 480 g/mol. The molecule has 8 nitrogen and oxygen atoms in total. The van der Waals surface area contributed by atoms with E-state index in [4.69, 9.17) is 14.6 Å². The summed E-state index contributed by atoms with van der Waals surface area (Å²) >= 11 is 0. The second kappa shape index (κ2) is 9.95. The summed E-state index contributed by atoms with van der Waals surface area (Å²) in [5.74, 6) is -2.47. The Morgan fingerprint density at radius 2 is 1.86 bits per heavy atom. The standard InChI is InChI=1S/C27H32N2O6/c30-16-7-2-6-15-29-23-25(32)28(18-19-10-3-1-4-11-19)14-9-13-27(23)22(24(29)31)21-20(35-27)12-5-8-17-34-26(21)33/h1,3-5,9-13,20-23,30H,2,6-8,14-18H2/t20-,21+,22-,23?,27-/m0/s1. The minimum Gasteiger partial charge on any atom is -0.465 e. The number of amides is 2. The van der Waals surface area contributed by atoms with Crippen molar-refractivity contribution in [3.8, 4) is 0 Å². The number of esters is 1. The highest BCUT2D eigenvalue weighted by atomic mass is 16.6. The predicted molar refractivity (Wildman–Crippen MR) is 127 cm³/mol. The number of rotatable bonds is 7. The number of unbranched alkanes of at least 4 members (excludes halogenated alkanes) is 2. The summed E-state index contributed by atoms with van der Waals surface area (Å²) in [5.41, 5.74) is -0.222. The van der Waals surface area contributed by atoms with Crippen molar-refractivity contribution in [3.05, 3.63) is 60.2 Å². The van der Waals surface area contributed by atoms with Crippen LogP contribution in [0.15, 0.2) is 54.6 Å². The maximum absolute atomic E-state index is 14.1. The van der Waals surface area contributed by atoms with Crippen molar-refractivity contribution in [2.24, 2.45) is 11.8 Å². The molecular formula is C27H32N2O6. The fourth-order valence-electron chi connectivity index (χ4n) is 5.91. The highest BCUT2D eigenvalue weighted by molar-refractivity contribution is 5.99. The number of cyclic esters (lactones) is 1. The number of aliphatic hydroxyl groups excluding tert-OH is 1. The van der Waals surface area contributed by atoms with Gasteiger partial charge in [0.15, 0.2) is 0 Å². The van der Waals surface area contributed by atoms with Gasteiger partial charge < -0.3 is 24.4 Å². The van der Waals surface area contributed by atoms with Gasteiger partial charge >= 0.3 is 5.97 Å². The van der Waals surface area contributed by atoms with Crippen LogP contribution in [0, 0.1) is 11.8 Å². The van der Waals surface area contributed by atoms with Gasteiger partial charge in [0.05, 0.1) is 18.6 Å². The van der Waals surface area contributed by atoms with Gasteiger partial charge in [0, 0.05) is 26.2 Å². The Hall–Kier alpha value is -2.97. The molecule has 0 aliphatic carbocycles. The second-order valence-corrected chi connectivity index (χ2v) is 9.65. The smallest absolute Gasteiger partial charge is 0.312 e. The van der Waals surface area contributed by atoms with Gasteiger partial charge in [-0.05, 0) is 31.2 Å². The Balaban J connectivity index is 1.51. The first-order valence-electron chi connectivity index (χ1n) is 12.5. The lowest BCUT2D eigenvalue weighted by molar-refractivity contribution is -0.155. The van der Waals surface area contributed by atoms with Gasteiger partial charge in [0.25, 0.3) is 0 Å². The number of aliphatic hydroxyl groups is 1. The molecule has 186 valence electrons. The fraction of sp³-hybridized carbons (Fsp3) is 0.519. The molecule has 1 unspecified atom stereocenters. The molecule has 1 spiro atoms. The molecule has 0 bridgehead atoms. The molecule has 0 radical (unpaired) electrons. The zero-order valence-electron chi connectivity index (χ0n) is 19.8. The van der Waals surface area contributed by atoms with Crippen LogP contribution < -0.4 is 0 Å². The van der Waals surface area contributed by atoms with Crippen molar-refractivity contribution in [1.82, 2.24) is 9.80 Å². The third kappa shape index (κ3) is 4.19. The van der Waals surface area contributed by atoms with Gasteiger partial charge in [0.2, 0.25) is 11.8 Å². The maximum Gasteiger partial charge on any atom is 0.312 e. The van der Waals surface area contributed by atoms with Crippen LogP contribution in [0.5, 0.6) is 0 Å². The number of nitrogens with zero attached hydrogens (tertiary/aromatic N) is 2.